The third kappa shape index (κ3) is 2.13. The van der Waals surface area contributed by atoms with Crippen molar-refractivity contribution < 1.29 is 4.74 Å². The van der Waals surface area contributed by atoms with Crippen LogP contribution in [0.25, 0.3) is 0 Å². The molecule has 0 bridgehead atoms. The van der Waals surface area contributed by atoms with Crippen LogP contribution in [-0.4, -0.2) is 11.6 Å². The largest absolute Gasteiger partial charge is 0.479 e. The summed E-state index contributed by atoms with van der Waals surface area (Å²) >= 11 is 0. The fourth-order valence-electron chi connectivity index (χ4n) is 0.660. The van der Waals surface area contributed by atoms with E-state index in [1.165, 1.54) is 0 Å². The lowest BCUT2D eigenvalue weighted by atomic mass is 10.2. The van der Waals surface area contributed by atoms with Crippen LogP contribution in [0.15, 0.2) is 18.3 Å². The molecule has 0 unspecified atom stereocenters. The Labute approximate surface area is 61.2 Å². The highest BCUT2D eigenvalue weighted by atomic mass is 16.5. The van der Waals surface area contributed by atoms with Gasteiger partial charge in [-0.15, -0.1) is 0 Å². The molecule has 0 fully saturated rings. The molecule has 0 aromatic carbocycles. The van der Waals surface area contributed by atoms with Crippen LogP contribution in [0.4, 0.5) is 0 Å². The van der Waals surface area contributed by atoms with Crippen molar-refractivity contribution in [1.82, 2.24) is 4.98 Å². The Kier molecular flexibility index (Phi) is 2.37. The van der Waals surface area contributed by atoms with Gasteiger partial charge in [0.2, 0.25) is 0 Å². The number of nitrogens with one attached hydrogen (secondary N) is 1. The minimum Gasteiger partial charge on any atom is -0.479 e. The highest BCUT2D eigenvalue weighted by Gasteiger charge is 1.94. The van der Waals surface area contributed by atoms with E-state index in [0.29, 0.717) is 5.92 Å². The second kappa shape index (κ2) is 3.30. The van der Waals surface area contributed by atoms with Crippen molar-refractivity contribution in [2.45, 2.75) is 13.8 Å². The molecule has 56 valence electrons. The normalized spacial score (nSPS) is 10.3. The van der Waals surface area contributed by atoms with Gasteiger partial charge in [-0.25, -0.2) is 0 Å². The predicted octanol–water partition coefficient (Wildman–Crippen LogP) is 2.05. The first-order valence-electron chi connectivity index (χ1n) is 3.55. The number of hydrogen-bond donors (Lipinski definition) is 1. The van der Waals surface area contributed by atoms with Crippen molar-refractivity contribution in [3.63, 3.8) is 0 Å². The summed E-state index contributed by atoms with van der Waals surface area (Å²) in [6.45, 7) is 5.03. The lowest BCUT2D eigenvalue weighted by Gasteiger charge is -2.04. The number of aromatic amines is 1. The molecule has 1 rings (SSSR count). The van der Waals surface area contributed by atoms with Crippen LogP contribution < -0.4 is 4.74 Å². The Morgan fingerprint density at radius 2 is 2.40 bits per heavy atom. The second-order valence-corrected chi connectivity index (χ2v) is 2.74. The maximum atomic E-state index is 5.35. The topological polar surface area (TPSA) is 25.0 Å². The van der Waals surface area contributed by atoms with E-state index in [1.807, 2.05) is 18.3 Å². The van der Waals surface area contributed by atoms with Gasteiger partial charge in [0.05, 0.1) is 6.61 Å². The van der Waals surface area contributed by atoms with Crippen LogP contribution in [0.3, 0.4) is 0 Å². The van der Waals surface area contributed by atoms with Gasteiger partial charge in [-0.1, -0.05) is 13.8 Å². The Balaban J connectivity index is 2.28. The first-order valence-corrected chi connectivity index (χ1v) is 3.55. The number of ether oxygens (including phenoxy) is 1. The summed E-state index contributed by atoms with van der Waals surface area (Å²) in [5.74, 6) is 1.44. The van der Waals surface area contributed by atoms with E-state index < -0.39 is 0 Å². The molecular weight excluding hydrogens is 126 g/mol. The Bertz CT molecular complexity index is 167. The third-order valence-corrected chi connectivity index (χ3v) is 1.14. The van der Waals surface area contributed by atoms with Crippen molar-refractivity contribution in [2.24, 2.45) is 5.92 Å². The minimum absolute atomic E-state index is 0.586. The quantitative estimate of drug-likeness (QED) is 0.681. The highest BCUT2D eigenvalue weighted by Crippen LogP contribution is 2.05. The van der Waals surface area contributed by atoms with E-state index in [0.717, 1.165) is 12.5 Å². The van der Waals surface area contributed by atoms with Crippen LogP contribution in [-0.2, 0) is 0 Å². The lowest BCUT2D eigenvalue weighted by molar-refractivity contribution is 0.263. The summed E-state index contributed by atoms with van der Waals surface area (Å²) in [6.07, 6.45) is 1.86. The van der Waals surface area contributed by atoms with Crippen molar-refractivity contribution >= 4 is 0 Å². The van der Waals surface area contributed by atoms with Crippen LogP contribution in [0.5, 0.6) is 5.88 Å². The molecule has 1 aromatic rings. The van der Waals surface area contributed by atoms with Gasteiger partial charge in [-0.2, -0.15) is 0 Å². The zero-order chi connectivity index (χ0) is 7.40. The summed E-state index contributed by atoms with van der Waals surface area (Å²) in [4.78, 5) is 2.97. The van der Waals surface area contributed by atoms with Crippen LogP contribution in [0, 0.1) is 5.92 Å². The molecule has 0 atom stereocenters. The van der Waals surface area contributed by atoms with Gasteiger partial charge in [0.25, 0.3) is 0 Å². The van der Waals surface area contributed by atoms with Crippen molar-refractivity contribution in [3.05, 3.63) is 18.3 Å². The van der Waals surface area contributed by atoms with E-state index in [-0.39, 0.29) is 0 Å². The van der Waals surface area contributed by atoms with Gasteiger partial charge in [0, 0.05) is 6.20 Å². The van der Waals surface area contributed by atoms with Crippen molar-refractivity contribution in [3.8, 4) is 5.88 Å². The van der Waals surface area contributed by atoms with Crippen molar-refractivity contribution in [1.29, 1.82) is 0 Å². The van der Waals surface area contributed by atoms with Gasteiger partial charge >= 0.3 is 0 Å². The lowest BCUT2D eigenvalue weighted by Crippen LogP contribution is -2.04. The van der Waals surface area contributed by atoms with Gasteiger partial charge in [-0.05, 0) is 18.1 Å². The summed E-state index contributed by atoms with van der Waals surface area (Å²) < 4.78 is 5.35. The Morgan fingerprint density at radius 3 is 2.90 bits per heavy atom. The standard InChI is InChI=1S/C8H13NO/c1-7(2)6-10-8-4-3-5-9-8/h3-5,7,9H,6H2,1-2H3. The summed E-state index contributed by atoms with van der Waals surface area (Å²) in [6, 6.07) is 3.85. The van der Waals surface area contributed by atoms with E-state index in [9.17, 15) is 0 Å². The second-order valence-electron chi connectivity index (χ2n) is 2.74. The molecule has 1 heterocycles. The molecule has 0 radical (unpaired) electrons. The molecular formula is C8H13NO. The average Bonchev–Trinajstić information content (AvgIpc) is 2.34. The zero-order valence-corrected chi connectivity index (χ0v) is 6.42. The van der Waals surface area contributed by atoms with E-state index >= 15 is 0 Å². The highest BCUT2D eigenvalue weighted by molar-refractivity contribution is 5.09. The summed E-state index contributed by atoms with van der Waals surface area (Å²) in [5, 5.41) is 0. The molecule has 2 nitrogen and oxygen atoms in total. The fraction of sp³-hybridized carbons (Fsp3) is 0.500. The molecule has 0 spiro atoms. The van der Waals surface area contributed by atoms with E-state index in [2.05, 4.69) is 18.8 Å². The van der Waals surface area contributed by atoms with E-state index in [1.54, 1.807) is 0 Å². The Morgan fingerprint density at radius 1 is 1.60 bits per heavy atom. The minimum atomic E-state index is 0.586. The van der Waals surface area contributed by atoms with E-state index in [4.69, 9.17) is 4.74 Å². The van der Waals surface area contributed by atoms with Gasteiger partial charge in [0.15, 0.2) is 5.88 Å². The first kappa shape index (κ1) is 7.19. The van der Waals surface area contributed by atoms with Gasteiger partial charge in [-0.3, -0.25) is 0 Å². The molecule has 0 saturated carbocycles. The summed E-state index contributed by atoms with van der Waals surface area (Å²) in [7, 11) is 0. The third-order valence-electron chi connectivity index (χ3n) is 1.14. The maximum Gasteiger partial charge on any atom is 0.190 e. The van der Waals surface area contributed by atoms with Gasteiger partial charge in [0.1, 0.15) is 0 Å². The number of H-pyrrole nitrogens is 1. The number of hydrogen-bond acceptors (Lipinski definition) is 1. The summed E-state index contributed by atoms with van der Waals surface area (Å²) in [5.41, 5.74) is 0. The molecule has 1 aromatic heterocycles. The van der Waals surface area contributed by atoms with Crippen LogP contribution >= 0.6 is 0 Å². The van der Waals surface area contributed by atoms with Crippen LogP contribution in [0.2, 0.25) is 0 Å². The molecule has 0 aliphatic carbocycles. The molecule has 0 saturated heterocycles. The van der Waals surface area contributed by atoms with Gasteiger partial charge < -0.3 is 9.72 Å². The smallest absolute Gasteiger partial charge is 0.190 e. The molecule has 0 amide bonds. The molecule has 0 aliphatic heterocycles. The molecule has 2 heteroatoms. The first-order chi connectivity index (χ1) is 4.79. The number of rotatable bonds is 3. The SMILES string of the molecule is CC(C)COc1ccc[nH]1. The Hall–Kier alpha value is -0.920. The molecule has 1 N–H and O–H groups in total. The predicted molar refractivity (Wildman–Crippen MR) is 41.1 cm³/mol. The maximum absolute atomic E-state index is 5.35. The van der Waals surface area contributed by atoms with Crippen molar-refractivity contribution in [2.75, 3.05) is 6.61 Å². The fourth-order valence-corrected chi connectivity index (χ4v) is 0.660. The average molecular weight is 139 g/mol. The van der Waals surface area contributed by atoms with Crippen LogP contribution in [0.1, 0.15) is 13.8 Å². The zero-order valence-electron chi connectivity index (χ0n) is 6.42. The number of aromatic nitrogens is 1. The molecule has 10 heavy (non-hydrogen) atoms. The molecule has 0 aliphatic rings. The monoisotopic (exact) mass is 139 g/mol.